The van der Waals surface area contributed by atoms with Gasteiger partial charge in [-0.1, -0.05) is 48.2 Å². The largest absolute Gasteiger partial charge is 0.311 e. The molecule has 3 heterocycles. The van der Waals surface area contributed by atoms with Gasteiger partial charge in [-0.25, -0.2) is 4.98 Å². The molecule has 0 N–H and O–H groups in total. The maximum atomic E-state index is 13.1. The van der Waals surface area contributed by atoms with Gasteiger partial charge in [-0.05, 0) is 41.6 Å². The Morgan fingerprint density at radius 1 is 1.07 bits per heavy atom. The predicted octanol–water partition coefficient (Wildman–Crippen LogP) is 4.13. The summed E-state index contributed by atoms with van der Waals surface area (Å²) < 4.78 is 2.23. The lowest BCUT2D eigenvalue weighted by Gasteiger charge is -2.17. The first-order valence-electron chi connectivity index (χ1n) is 9.29. The second-order valence-electron chi connectivity index (χ2n) is 6.72. The average Bonchev–Trinajstić information content (AvgIpc) is 3.40. The highest BCUT2D eigenvalue weighted by molar-refractivity contribution is 7.99. The van der Waals surface area contributed by atoms with Crippen molar-refractivity contribution < 1.29 is 4.79 Å². The summed E-state index contributed by atoms with van der Waals surface area (Å²) in [6.07, 6.45) is 0.875. The van der Waals surface area contributed by atoms with Gasteiger partial charge in [0.05, 0.1) is 17.0 Å². The van der Waals surface area contributed by atoms with Gasteiger partial charge in [0, 0.05) is 12.2 Å². The van der Waals surface area contributed by atoms with Gasteiger partial charge in [0.25, 0.3) is 5.56 Å². The summed E-state index contributed by atoms with van der Waals surface area (Å²) in [4.78, 5) is 32.5. The van der Waals surface area contributed by atoms with Crippen molar-refractivity contribution in [2.24, 2.45) is 0 Å². The van der Waals surface area contributed by atoms with E-state index in [1.54, 1.807) is 4.57 Å². The molecule has 144 valence electrons. The van der Waals surface area contributed by atoms with Crippen molar-refractivity contribution >= 4 is 44.9 Å². The van der Waals surface area contributed by atoms with E-state index >= 15 is 0 Å². The number of para-hydroxylation sites is 2. The van der Waals surface area contributed by atoms with Gasteiger partial charge in [0.1, 0.15) is 4.70 Å². The van der Waals surface area contributed by atoms with E-state index in [1.165, 1.54) is 28.7 Å². The number of aromatic nitrogens is 2. The summed E-state index contributed by atoms with van der Waals surface area (Å²) in [5.41, 5.74) is 3.51. The Morgan fingerprint density at radius 2 is 1.86 bits per heavy atom. The van der Waals surface area contributed by atoms with Crippen LogP contribution in [-0.2, 0) is 11.2 Å². The number of carbonyl (C=O) groups excluding carboxylic acids is 1. The molecule has 0 saturated heterocycles. The number of thioether (sulfide) groups is 1. The number of benzene rings is 2. The summed E-state index contributed by atoms with van der Waals surface area (Å²) in [5, 5.41) is 2.41. The van der Waals surface area contributed by atoms with Gasteiger partial charge >= 0.3 is 0 Å². The van der Waals surface area contributed by atoms with Crippen molar-refractivity contribution in [3.05, 3.63) is 82.0 Å². The summed E-state index contributed by atoms with van der Waals surface area (Å²) in [6, 6.07) is 19.3. The molecule has 7 heteroatoms. The van der Waals surface area contributed by atoms with E-state index in [0.717, 1.165) is 17.8 Å². The molecule has 29 heavy (non-hydrogen) atoms. The van der Waals surface area contributed by atoms with Crippen LogP contribution in [0.15, 0.2) is 76.0 Å². The molecule has 1 aliphatic heterocycles. The van der Waals surface area contributed by atoms with Crippen LogP contribution < -0.4 is 10.5 Å². The molecular formula is C22H17N3O2S2. The summed E-state index contributed by atoms with van der Waals surface area (Å²) in [5.74, 6) is 0.253. The van der Waals surface area contributed by atoms with E-state index in [9.17, 15) is 9.59 Å². The number of carbonyl (C=O) groups is 1. The number of thiophene rings is 1. The van der Waals surface area contributed by atoms with E-state index in [0.29, 0.717) is 21.9 Å². The van der Waals surface area contributed by atoms with Gasteiger partial charge in [-0.15, -0.1) is 11.3 Å². The maximum absolute atomic E-state index is 13.1. The minimum Gasteiger partial charge on any atom is -0.311 e. The molecule has 1 aliphatic rings. The lowest BCUT2D eigenvalue weighted by atomic mass is 10.2. The minimum absolute atomic E-state index is 0.0271. The highest BCUT2D eigenvalue weighted by Gasteiger charge is 2.25. The predicted molar refractivity (Wildman–Crippen MR) is 118 cm³/mol. The molecule has 0 saturated carbocycles. The van der Waals surface area contributed by atoms with Gasteiger partial charge in [0.2, 0.25) is 5.91 Å². The van der Waals surface area contributed by atoms with Crippen LogP contribution in [0.25, 0.3) is 15.9 Å². The van der Waals surface area contributed by atoms with Crippen LogP contribution in [-0.4, -0.2) is 27.8 Å². The van der Waals surface area contributed by atoms with Crippen LogP contribution in [0.3, 0.4) is 0 Å². The second kappa shape index (κ2) is 7.50. The Labute approximate surface area is 175 Å². The zero-order chi connectivity index (χ0) is 19.8. The zero-order valence-corrected chi connectivity index (χ0v) is 17.1. The van der Waals surface area contributed by atoms with Gasteiger partial charge < -0.3 is 4.90 Å². The molecule has 2 aromatic heterocycles. The minimum atomic E-state index is -0.0994. The third-order valence-corrected chi connectivity index (χ3v) is 6.79. The van der Waals surface area contributed by atoms with Crippen LogP contribution in [0.2, 0.25) is 0 Å². The summed E-state index contributed by atoms with van der Waals surface area (Å²) in [7, 11) is 0. The molecule has 0 fully saturated rings. The fraction of sp³-hybridized carbons (Fsp3) is 0.136. The van der Waals surface area contributed by atoms with E-state index in [4.69, 9.17) is 0 Å². The van der Waals surface area contributed by atoms with Crippen LogP contribution >= 0.6 is 23.1 Å². The van der Waals surface area contributed by atoms with Crippen LogP contribution in [0, 0.1) is 0 Å². The first-order chi connectivity index (χ1) is 14.2. The van der Waals surface area contributed by atoms with E-state index in [1.807, 2.05) is 64.9 Å². The highest BCUT2D eigenvalue weighted by Crippen LogP contribution is 2.29. The van der Waals surface area contributed by atoms with Crippen molar-refractivity contribution in [3.8, 4) is 5.69 Å². The first kappa shape index (κ1) is 18.1. The number of hydrogen-bond acceptors (Lipinski definition) is 5. The standard InChI is InChI=1S/C22H17N3O2S2/c26-19(24-12-10-15-6-4-5-9-18(15)24)14-29-22-23-17-11-13-28-20(17)21(27)25(22)16-7-2-1-3-8-16/h1-9,11,13H,10,12,14H2. The maximum Gasteiger partial charge on any atom is 0.276 e. The fourth-order valence-electron chi connectivity index (χ4n) is 3.60. The molecule has 5 nitrogen and oxygen atoms in total. The highest BCUT2D eigenvalue weighted by atomic mass is 32.2. The second-order valence-corrected chi connectivity index (χ2v) is 8.58. The van der Waals surface area contributed by atoms with Crippen molar-refractivity contribution in [3.63, 3.8) is 0 Å². The Kier molecular flexibility index (Phi) is 4.69. The van der Waals surface area contributed by atoms with E-state index in [2.05, 4.69) is 11.1 Å². The van der Waals surface area contributed by atoms with Crippen molar-refractivity contribution in [1.82, 2.24) is 9.55 Å². The monoisotopic (exact) mass is 419 g/mol. The molecule has 0 spiro atoms. The van der Waals surface area contributed by atoms with Crippen molar-refractivity contribution in [1.29, 1.82) is 0 Å². The zero-order valence-electron chi connectivity index (χ0n) is 15.4. The van der Waals surface area contributed by atoms with Gasteiger partial charge in [-0.3, -0.25) is 14.2 Å². The van der Waals surface area contributed by atoms with Crippen molar-refractivity contribution in [2.75, 3.05) is 17.2 Å². The normalized spacial score (nSPS) is 13.0. The quantitative estimate of drug-likeness (QED) is 0.369. The number of nitrogens with zero attached hydrogens (tertiary/aromatic N) is 3. The average molecular weight is 420 g/mol. The summed E-state index contributed by atoms with van der Waals surface area (Å²) >= 11 is 2.70. The Hall–Kier alpha value is -2.90. The molecule has 0 aliphatic carbocycles. The smallest absolute Gasteiger partial charge is 0.276 e. The number of fused-ring (bicyclic) bond motifs is 2. The number of amides is 1. The molecule has 4 aromatic rings. The molecule has 0 unspecified atom stereocenters. The Balaban J connectivity index is 1.48. The Morgan fingerprint density at radius 3 is 2.72 bits per heavy atom. The third kappa shape index (κ3) is 3.26. The molecule has 5 rings (SSSR count). The Bertz CT molecular complexity index is 1260. The number of anilines is 1. The van der Waals surface area contributed by atoms with Crippen LogP contribution in [0.1, 0.15) is 5.56 Å². The van der Waals surface area contributed by atoms with Crippen LogP contribution in [0.5, 0.6) is 0 Å². The van der Waals surface area contributed by atoms with E-state index in [-0.39, 0.29) is 17.2 Å². The first-order valence-corrected chi connectivity index (χ1v) is 11.2. The lowest BCUT2D eigenvalue weighted by Crippen LogP contribution is -2.31. The molecule has 2 aromatic carbocycles. The molecule has 0 bridgehead atoms. The van der Waals surface area contributed by atoms with E-state index < -0.39 is 0 Å². The lowest BCUT2D eigenvalue weighted by molar-refractivity contribution is -0.116. The summed E-state index contributed by atoms with van der Waals surface area (Å²) in [6.45, 7) is 0.696. The molecular weight excluding hydrogens is 402 g/mol. The number of hydrogen-bond donors (Lipinski definition) is 0. The SMILES string of the molecule is O=C(CSc1nc2ccsc2c(=O)n1-c1ccccc1)N1CCc2ccccc21. The molecule has 0 atom stereocenters. The number of rotatable bonds is 4. The molecule has 1 amide bonds. The van der Waals surface area contributed by atoms with Crippen LogP contribution in [0.4, 0.5) is 5.69 Å². The third-order valence-electron chi connectivity index (χ3n) is 4.98. The fourth-order valence-corrected chi connectivity index (χ4v) is 5.24. The molecule has 0 radical (unpaired) electrons. The van der Waals surface area contributed by atoms with Crippen molar-refractivity contribution in [2.45, 2.75) is 11.6 Å². The topological polar surface area (TPSA) is 55.2 Å². The van der Waals surface area contributed by atoms with Gasteiger partial charge in [0.15, 0.2) is 5.16 Å². The van der Waals surface area contributed by atoms with Gasteiger partial charge in [-0.2, -0.15) is 0 Å².